The summed E-state index contributed by atoms with van der Waals surface area (Å²) in [7, 11) is 0. The molecule has 0 saturated carbocycles. The van der Waals surface area contributed by atoms with Gasteiger partial charge in [0.15, 0.2) is 0 Å². The molecule has 0 N–H and O–H groups in total. The van der Waals surface area contributed by atoms with E-state index in [1.54, 1.807) is 39.0 Å². The van der Waals surface area contributed by atoms with E-state index in [1.165, 1.54) is 43.2 Å². The quantitative estimate of drug-likeness (QED) is 0.319. The van der Waals surface area contributed by atoms with E-state index in [0.717, 1.165) is 0 Å². The summed E-state index contributed by atoms with van der Waals surface area (Å²) in [6, 6.07) is 16.3. The van der Waals surface area contributed by atoms with Crippen molar-refractivity contribution in [2.45, 2.75) is 73.1 Å². The Morgan fingerprint density at radius 2 is 1.52 bits per heavy atom. The number of fused-ring (bicyclic) bond motifs is 2. The molecule has 0 nitrogen and oxygen atoms in total. The summed E-state index contributed by atoms with van der Waals surface area (Å²) in [6.45, 7) is 12.1. The molecule has 2 aromatic carbocycles. The maximum atomic E-state index is 2.66. The van der Waals surface area contributed by atoms with Crippen LogP contribution >= 0.6 is 0 Å². The van der Waals surface area contributed by atoms with Gasteiger partial charge in [0, 0.05) is 0 Å². The van der Waals surface area contributed by atoms with Gasteiger partial charge < -0.3 is 0 Å². The van der Waals surface area contributed by atoms with E-state index in [2.05, 4.69) is 89.2 Å². The third kappa shape index (κ3) is 3.43. The number of hydrogen-bond donors (Lipinski definition) is 0. The van der Waals surface area contributed by atoms with Gasteiger partial charge in [0.25, 0.3) is 0 Å². The van der Waals surface area contributed by atoms with Crippen LogP contribution in [0.3, 0.4) is 0 Å². The minimum absolute atomic E-state index is 0.297. The first-order valence-electron chi connectivity index (χ1n) is 11.9. The van der Waals surface area contributed by atoms with Crippen molar-refractivity contribution < 1.29 is 22.9 Å². The van der Waals surface area contributed by atoms with Gasteiger partial charge in [-0.15, -0.1) is 0 Å². The van der Waals surface area contributed by atoms with Crippen LogP contribution in [-0.4, -0.2) is 0 Å². The van der Waals surface area contributed by atoms with Crippen molar-refractivity contribution in [2.75, 3.05) is 0 Å². The van der Waals surface area contributed by atoms with Gasteiger partial charge in [0.2, 0.25) is 0 Å². The van der Waals surface area contributed by atoms with Gasteiger partial charge in [-0.3, -0.25) is 0 Å². The Morgan fingerprint density at radius 1 is 0.871 bits per heavy atom. The number of hydrogen-bond acceptors (Lipinski definition) is 0. The zero-order chi connectivity index (χ0) is 21.8. The average Bonchev–Trinajstić information content (AvgIpc) is 3.42. The Morgan fingerprint density at radius 3 is 2.19 bits per heavy atom. The monoisotopic (exact) mass is 574 g/mol. The predicted octanol–water partition coefficient (Wildman–Crippen LogP) is 7.98. The summed E-state index contributed by atoms with van der Waals surface area (Å²) in [5.41, 5.74) is 14.4. The van der Waals surface area contributed by atoms with Crippen LogP contribution in [0.1, 0.15) is 75.3 Å². The molecule has 0 heterocycles. The van der Waals surface area contributed by atoms with Crippen molar-refractivity contribution in [1.29, 1.82) is 0 Å². The molecule has 0 spiro atoms. The van der Waals surface area contributed by atoms with Crippen molar-refractivity contribution in [1.82, 2.24) is 0 Å². The fourth-order valence-corrected chi connectivity index (χ4v) is 14.8. The second-order valence-corrected chi connectivity index (χ2v) is 17.8. The van der Waals surface area contributed by atoms with Crippen molar-refractivity contribution in [3.63, 3.8) is 0 Å². The summed E-state index contributed by atoms with van der Waals surface area (Å²) in [6.07, 6.45) is 11.5. The molecule has 31 heavy (non-hydrogen) atoms. The Labute approximate surface area is 199 Å². The second-order valence-electron chi connectivity index (χ2n) is 10.1. The zero-order valence-corrected chi connectivity index (χ0v) is 23.3. The number of allylic oxidation sites excluding steroid dienone is 5. The van der Waals surface area contributed by atoms with E-state index in [1.807, 2.05) is 0 Å². The van der Waals surface area contributed by atoms with Crippen LogP contribution in [0.4, 0.5) is 0 Å². The molecule has 5 rings (SSSR count). The topological polar surface area (TPSA) is 0 Å². The number of aryl methyl sites for hydroxylation is 3. The van der Waals surface area contributed by atoms with Gasteiger partial charge in [-0.1, -0.05) is 0 Å². The molecule has 0 fully saturated rings. The molecule has 1 unspecified atom stereocenters. The Balaban J connectivity index is 1.59. The Hall–Kier alpha value is -1.47. The summed E-state index contributed by atoms with van der Waals surface area (Å²) in [5.74, 6) is 0. The summed E-state index contributed by atoms with van der Waals surface area (Å²) >= 11 is -1.22. The van der Waals surface area contributed by atoms with Crippen LogP contribution in [0.15, 0.2) is 70.8 Å². The number of rotatable bonds is 5. The average molecular weight is 573 g/mol. The third-order valence-corrected chi connectivity index (χ3v) is 17.2. The van der Waals surface area contributed by atoms with Crippen LogP contribution in [0.5, 0.6) is 0 Å². The Kier molecular flexibility index (Phi) is 5.40. The molecule has 3 aliphatic rings. The van der Waals surface area contributed by atoms with Gasteiger partial charge in [0.1, 0.15) is 0 Å². The number of benzene rings is 2. The van der Waals surface area contributed by atoms with Crippen molar-refractivity contribution >= 4 is 6.08 Å². The van der Waals surface area contributed by atoms with Crippen LogP contribution < -0.4 is 0 Å². The van der Waals surface area contributed by atoms with Gasteiger partial charge in [-0.25, -0.2) is 0 Å². The first-order valence-corrected chi connectivity index (χ1v) is 15.5. The minimum atomic E-state index is -1.22. The molecule has 1 heteroatoms. The summed E-state index contributed by atoms with van der Waals surface area (Å²) in [5, 5.41) is 0. The fraction of sp³-hybridized carbons (Fsp3) is 0.400. The molecule has 3 aliphatic carbocycles. The summed E-state index contributed by atoms with van der Waals surface area (Å²) < 4.78 is 0.626. The van der Waals surface area contributed by atoms with E-state index in [0.29, 0.717) is 6.34 Å². The van der Waals surface area contributed by atoms with E-state index < -0.39 is 22.9 Å². The van der Waals surface area contributed by atoms with Crippen molar-refractivity contribution in [3.8, 4) is 0 Å². The van der Waals surface area contributed by atoms with Crippen molar-refractivity contribution in [3.05, 3.63) is 98.7 Å². The van der Waals surface area contributed by atoms with E-state index in [4.69, 9.17) is 0 Å². The molecule has 0 saturated heterocycles. The van der Waals surface area contributed by atoms with Crippen LogP contribution in [-0.2, 0) is 45.3 Å². The zero-order valence-electron chi connectivity index (χ0n) is 19.7. The van der Waals surface area contributed by atoms with Gasteiger partial charge in [0.05, 0.1) is 0 Å². The van der Waals surface area contributed by atoms with Gasteiger partial charge >= 0.3 is 201 Å². The van der Waals surface area contributed by atoms with E-state index in [-0.39, 0.29) is 0 Å². The van der Waals surface area contributed by atoms with Crippen molar-refractivity contribution in [2.24, 2.45) is 0 Å². The van der Waals surface area contributed by atoms with Crippen LogP contribution in [0.25, 0.3) is 6.08 Å². The predicted molar refractivity (Wildman–Crippen MR) is 129 cm³/mol. The van der Waals surface area contributed by atoms with Crippen LogP contribution in [0, 0.1) is 0 Å². The molecule has 2 aromatic rings. The standard InChI is InChI=1S/C20H19.C10H15.Hf/c1-2-5-15(6-3-1)9-10-16-11-12-19-13-17-7-4-8-18(17)14-20(16)19;1-6-7(2)9(4)10(5)8(6)3;/h1-3,5-6,11-14H,4,7-10H2;1-5H3;. The van der Waals surface area contributed by atoms with Gasteiger partial charge in [-0.2, -0.15) is 0 Å². The molecule has 0 aromatic heterocycles. The third-order valence-electron chi connectivity index (χ3n) is 8.60. The van der Waals surface area contributed by atoms with Gasteiger partial charge in [-0.05, 0) is 0 Å². The maximum absolute atomic E-state index is 2.66. The first-order chi connectivity index (χ1) is 14.8. The molecular formula is C30H34Hf. The van der Waals surface area contributed by atoms with E-state index in [9.17, 15) is 0 Å². The normalized spacial score (nSPS) is 23.5. The summed E-state index contributed by atoms with van der Waals surface area (Å²) in [4.78, 5) is 0. The molecule has 0 amide bonds. The fourth-order valence-electron chi connectivity index (χ4n) is 6.09. The molecule has 0 aliphatic heterocycles. The molecule has 1 atom stereocenters. The first kappa shape index (κ1) is 21.4. The van der Waals surface area contributed by atoms with Crippen LogP contribution in [0.2, 0.25) is 3.17 Å². The Bertz CT molecular complexity index is 1100. The molecule has 0 radical (unpaired) electrons. The second kappa shape index (κ2) is 7.84. The molecular weight excluding hydrogens is 539 g/mol. The van der Waals surface area contributed by atoms with E-state index >= 15 is 0 Å². The SMILES string of the molecule is CC1=C(C)[C](C)([Hf][C]2(CCc3ccccc3)C=Cc3cc4c(cc32)CCC4)C(C)=C1C. The molecule has 158 valence electrons. The molecule has 0 bridgehead atoms.